The van der Waals surface area contributed by atoms with Crippen molar-refractivity contribution in [2.45, 2.75) is 44.1 Å². The molecule has 0 bridgehead atoms. The number of piperidine rings is 1. The van der Waals surface area contributed by atoms with Crippen LogP contribution in [0.25, 0.3) is 0 Å². The molecule has 2 aliphatic heterocycles. The van der Waals surface area contributed by atoms with Crippen molar-refractivity contribution >= 4 is 0 Å². The van der Waals surface area contributed by atoms with Crippen molar-refractivity contribution in [1.29, 1.82) is 0 Å². The van der Waals surface area contributed by atoms with E-state index in [9.17, 15) is 5.11 Å². The van der Waals surface area contributed by atoms with E-state index in [1.54, 1.807) is 0 Å². The summed E-state index contributed by atoms with van der Waals surface area (Å²) in [5.74, 6) is 2.50. The summed E-state index contributed by atoms with van der Waals surface area (Å²) in [4.78, 5) is 4.67. The fraction of sp³-hybridized carbons (Fsp3) is 0.833. The Kier molecular flexibility index (Phi) is 3.11. The molecule has 2 atom stereocenters. The van der Waals surface area contributed by atoms with Gasteiger partial charge in [0.1, 0.15) is 5.82 Å². The van der Waals surface area contributed by atoms with Gasteiger partial charge in [-0.25, -0.2) is 9.67 Å². The van der Waals surface area contributed by atoms with Crippen molar-refractivity contribution in [3.8, 4) is 0 Å². The van der Waals surface area contributed by atoms with Crippen LogP contribution in [0.3, 0.4) is 0 Å². The molecular weight excluding hydrogens is 216 g/mol. The second-order valence-electron chi connectivity index (χ2n) is 5.10. The maximum Gasteiger partial charge on any atom is 0.155 e. The molecule has 0 aromatic carbocycles. The highest BCUT2D eigenvalue weighted by Crippen LogP contribution is 2.26. The van der Waals surface area contributed by atoms with Crippen LogP contribution in [-0.4, -0.2) is 39.6 Å². The monoisotopic (exact) mass is 236 g/mol. The summed E-state index contributed by atoms with van der Waals surface area (Å²) in [6, 6.07) is 0.150. The molecule has 5 nitrogen and oxygen atoms in total. The Hall–Kier alpha value is -0.940. The lowest BCUT2D eigenvalue weighted by atomic mass is 9.99. The lowest BCUT2D eigenvalue weighted by Gasteiger charge is -2.21. The van der Waals surface area contributed by atoms with Gasteiger partial charge < -0.3 is 10.4 Å². The zero-order chi connectivity index (χ0) is 11.7. The molecule has 2 N–H and O–H groups in total. The lowest BCUT2D eigenvalue weighted by molar-refractivity contribution is 0.194. The zero-order valence-corrected chi connectivity index (χ0v) is 10.1. The molecule has 0 amide bonds. The molecule has 5 heteroatoms. The first-order valence-corrected chi connectivity index (χ1v) is 6.65. The number of hydrogen-bond donors (Lipinski definition) is 2. The number of aliphatic hydroxyl groups excluding tert-OH is 1. The molecule has 1 aromatic rings. The molecule has 0 radical (unpaired) electrons. The zero-order valence-electron chi connectivity index (χ0n) is 10.1. The van der Waals surface area contributed by atoms with Crippen LogP contribution in [0.2, 0.25) is 0 Å². The van der Waals surface area contributed by atoms with Crippen molar-refractivity contribution in [1.82, 2.24) is 20.1 Å². The molecule has 0 saturated carbocycles. The van der Waals surface area contributed by atoms with Crippen LogP contribution in [-0.2, 0) is 6.42 Å². The number of nitrogens with zero attached hydrogens (tertiary/aromatic N) is 3. The average molecular weight is 236 g/mol. The minimum atomic E-state index is 0.150. The van der Waals surface area contributed by atoms with E-state index in [4.69, 9.17) is 0 Å². The summed E-state index contributed by atoms with van der Waals surface area (Å²) in [5.41, 5.74) is 0. The molecule has 1 aromatic heterocycles. The number of nitrogens with one attached hydrogen (secondary N) is 1. The number of fused-ring (bicyclic) bond motifs is 1. The number of rotatable bonds is 2. The molecule has 2 aliphatic rings. The summed E-state index contributed by atoms with van der Waals surface area (Å²) >= 11 is 0. The number of hydrogen-bond acceptors (Lipinski definition) is 4. The van der Waals surface area contributed by atoms with Crippen molar-refractivity contribution in [3.63, 3.8) is 0 Å². The predicted octanol–water partition coefficient (Wildman–Crippen LogP) is 0.615. The maximum atomic E-state index is 9.36. The van der Waals surface area contributed by atoms with E-state index < -0.39 is 0 Å². The fourth-order valence-electron chi connectivity index (χ4n) is 2.87. The quantitative estimate of drug-likeness (QED) is 0.790. The van der Waals surface area contributed by atoms with Crippen molar-refractivity contribution in [3.05, 3.63) is 11.6 Å². The van der Waals surface area contributed by atoms with Crippen molar-refractivity contribution in [2.75, 3.05) is 19.7 Å². The highest BCUT2D eigenvalue weighted by Gasteiger charge is 2.26. The summed E-state index contributed by atoms with van der Waals surface area (Å²) in [6.07, 6.45) is 5.53. The predicted molar refractivity (Wildman–Crippen MR) is 63.9 cm³/mol. The number of aryl methyl sites for hydroxylation is 1. The smallest absolute Gasteiger partial charge is 0.155 e. The summed E-state index contributed by atoms with van der Waals surface area (Å²) in [6.45, 7) is 2.29. The van der Waals surface area contributed by atoms with Crippen molar-refractivity contribution in [2.24, 2.45) is 0 Å². The Morgan fingerprint density at radius 2 is 2.29 bits per heavy atom. The minimum absolute atomic E-state index is 0.150. The Bertz CT molecular complexity index is 384. The Labute approximate surface area is 101 Å². The molecule has 1 saturated heterocycles. The van der Waals surface area contributed by atoms with Crippen LogP contribution < -0.4 is 5.32 Å². The van der Waals surface area contributed by atoms with Crippen LogP contribution >= 0.6 is 0 Å². The lowest BCUT2D eigenvalue weighted by Crippen LogP contribution is -2.29. The van der Waals surface area contributed by atoms with Gasteiger partial charge in [0, 0.05) is 18.9 Å². The molecule has 1 fully saturated rings. The molecule has 0 aliphatic carbocycles. The van der Waals surface area contributed by atoms with Gasteiger partial charge in [0.2, 0.25) is 0 Å². The van der Waals surface area contributed by atoms with Gasteiger partial charge >= 0.3 is 0 Å². The number of aromatic nitrogens is 3. The molecule has 3 heterocycles. The highest BCUT2D eigenvalue weighted by atomic mass is 16.3. The average Bonchev–Trinajstić information content (AvgIpc) is 2.83. The third-order valence-electron chi connectivity index (χ3n) is 3.87. The van der Waals surface area contributed by atoms with E-state index in [-0.39, 0.29) is 12.6 Å². The van der Waals surface area contributed by atoms with Gasteiger partial charge in [-0.3, -0.25) is 0 Å². The Morgan fingerprint density at radius 3 is 3.06 bits per heavy atom. The first-order chi connectivity index (χ1) is 8.38. The normalized spacial score (nSPS) is 29.0. The third kappa shape index (κ3) is 2.09. The first kappa shape index (κ1) is 11.2. The van der Waals surface area contributed by atoms with E-state index in [0.717, 1.165) is 44.0 Å². The highest BCUT2D eigenvalue weighted by molar-refractivity contribution is 5.04. The third-order valence-corrected chi connectivity index (χ3v) is 3.87. The molecule has 94 valence electrons. The SMILES string of the molecule is OCC1CCCc2nc(C3CCCNC3)nn21. The van der Waals surface area contributed by atoms with Crippen LogP contribution in [0, 0.1) is 0 Å². The topological polar surface area (TPSA) is 63.0 Å². The van der Waals surface area contributed by atoms with E-state index in [1.807, 2.05) is 4.68 Å². The van der Waals surface area contributed by atoms with Crippen LogP contribution in [0.5, 0.6) is 0 Å². The van der Waals surface area contributed by atoms with Gasteiger partial charge in [-0.15, -0.1) is 0 Å². The van der Waals surface area contributed by atoms with E-state index in [2.05, 4.69) is 15.4 Å². The molecule has 3 rings (SSSR count). The Balaban J connectivity index is 1.84. The minimum Gasteiger partial charge on any atom is -0.394 e. The number of aliphatic hydroxyl groups is 1. The van der Waals surface area contributed by atoms with Gasteiger partial charge in [-0.2, -0.15) is 5.10 Å². The molecule has 0 spiro atoms. The maximum absolute atomic E-state index is 9.36. The van der Waals surface area contributed by atoms with Gasteiger partial charge in [0.25, 0.3) is 0 Å². The first-order valence-electron chi connectivity index (χ1n) is 6.65. The van der Waals surface area contributed by atoms with E-state index in [1.165, 1.54) is 12.8 Å². The van der Waals surface area contributed by atoms with E-state index in [0.29, 0.717) is 5.92 Å². The van der Waals surface area contributed by atoms with Crippen LogP contribution in [0.1, 0.15) is 49.3 Å². The summed E-state index contributed by atoms with van der Waals surface area (Å²) < 4.78 is 1.97. The van der Waals surface area contributed by atoms with Gasteiger partial charge in [-0.05, 0) is 32.2 Å². The largest absolute Gasteiger partial charge is 0.394 e. The van der Waals surface area contributed by atoms with Gasteiger partial charge in [-0.1, -0.05) is 0 Å². The van der Waals surface area contributed by atoms with E-state index >= 15 is 0 Å². The summed E-state index contributed by atoms with van der Waals surface area (Å²) in [7, 11) is 0. The van der Waals surface area contributed by atoms with Gasteiger partial charge in [0.15, 0.2) is 5.82 Å². The van der Waals surface area contributed by atoms with Crippen LogP contribution in [0.15, 0.2) is 0 Å². The summed E-state index contributed by atoms with van der Waals surface area (Å²) in [5, 5.41) is 17.4. The fourth-order valence-corrected chi connectivity index (χ4v) is 2.87. The Morgan fingerprint density at radius 1 is 1.35 bits per heavy atom. The van der Waals surface area contributed by atoms with Gasteiger partial charge in [0.05, 0.1) is 12.6 Å². The molecular formula is C12H20N4O. The second kappa shape index (κ2) is 4.74. The standard InChI is InChI=1S/C12H20N4O/c17-8-10-4-1-5-11-14-12(15-16(10)11)9-3-2-6-13-7-9/h9-10,13,17H,1-8H2. The van der Waals surface area contributed by atoms with Crippen molar-refractivity contribution < 1.29 is 5.11 Å². The second-order valence-corrected chi connectivity index (χ2v) is 5.10. The molecule has 17 heavy (non-hydrogen) atoms. The van der Waals surface area contributed by atoms with Crippen LogP contribution in [0.4, 0.5) is 0 Å². The molecule has 2 unspecified atom stereocenters.